The van der Waals surface area contributed by atoms with Gasteiger partial charge in [-0.2, -0.15) is 9.90 Å². The van der Waals surface area contributed by atoms with Gasteiger partial charge in [0.1, 0.15) is 0 Å². The summed E-state index contributed by atoms with van der Waals surface area (Å²) in [6.07, 6.45) is 1.50. The number of hydrogen-bond donors (Lipinski definition) is 1. The van der Waals surface area contributed by atoms with Gasteiger partial charge in [-0.25, -0.2) is 0 Å². The maximum absolute atomic E-state index is 12.3. The average molecular weight is 343 g/mol. The normalized spacial score (nSPS) is 18.4. The summed E-state index contributed by atoms with van der Waals surface area (Å²) in [5.74, 6) is 0.396. The van der Waals surface area contributed by atoms with E-state index in [2.05, 4.69) is 34.3 Å². The first kappa shape index (κ1) is 17.6. The monoisotopic (exact) mass is 343 g/mol. The lowest BCUT2D eigenvalue weighted by Gasteiger charge is -2.33. The summed E-state index contributed by atoms with van der Waals surface area (Å²) in [4.78, 5) is 16.1. The van der Waals surface area contributed by atoms with Crippen molar-refractivity contribution in [1.82, 2.24) is 25.2 Å². The van der Waals surface area contributed by atoms with Crippen molar-refractivity contribution in [2.24, 2.45) is 5.92 Å². The van der Waals surface area contributed by atoms with Crippen LogP contribution in [0.25, 0.3) is 5.69 Å². The smallest absolute Gasteiger partial charge is 0.273 e. The molecule has 2 aromatic rings. The van der Waals surface area contributed by atoms with E-state index in [4.69, 9.17) is 4.74 Å². The van der Waals surface area contributed by atoms with Crippen LogP contribution in [0.15, 0.2) is 36.5 Å². The molecule has 1 aliphatic rings. The summed E-state index contributed by atoms with van der Waals surface area (Å²) < 4.78 is 5.75. The number of carbonyl (C=O) groups excluding carboxylic acids is 1. The highest BCUT2D eigenvalue weighted by Gasteiger charge is 2.22. The Morgan fingerprint density at radius 3 is 2.92 bits per heavy atom. The molecule has 1 aromatic carbocycles. The Kier molecular flexibility index (Phi) is 5.78. The molecule has 1 aliphatic heterocycles. The number of amides is 1. The van der Waals surface area contributed by atoms with Crippen LogP contribution in [0.1, 0.15) is 24.3 Å². The molecular formula is C18H25N5O2. The lowest BCUT2D eigenvalue weighted by molar-refractivity contribution is -0.0295. The number of nitrogens with zero attached hydrogens (tertiary/aromatic N) is 4. The molecule has 1 aromatic heterocycles. The maximum atomic E-state index is 12.3. The van der Waals surface area contributed by atoms with E-state index in [1.165, 1.54) is 11.0 Å². The van der Waals surface area contributed by atoms with Crippen molar-refractivity contribution in [1.29, 1.82) is 0 Å². The first-order chi connectivity index (χ1) is 12.1. The fourth-order valence-electron chi connectivity index (χ4n) is 2.94. The van der Waals surface area contributed by atoms with E-state index < -0.39 is 0 Å². The van der Waals surface area contributed by atoms with Crippen LogP contribution in [-0.4, -0.2) is 64.7 Å². The van der Waals surface area contributed by atoms with Gasteiger partial charge in [0.2, 0.25) is 0 Å². The fourth-order valence-corrected chi connectivity index (χ4v) is 2.94. The molecule has 0 spiro atoms. The van der Waals surface area contributed by atoms with Gasteiger partial charge in [-0.15, -0.1) is 5.10 Å². The van der Waals surface area contributed by atoms with Crippen molar-refractivity contribution in [3.8, 4) is 5.69 Å². The van der Waals surface area contributed by atoms with Crippen LogP contribution in [0.3, 0.4) is 0 Å². The van der Waals surface area contributed by atoms with Gasteiger partial charge in [0.05, 0.1) is 24.6 Å². The molecule has 7 nitrogen and oxygen atoms in total. The van der Waals surface area contributed by atoms with E-state index in [1.807, 2.05) is 30.3 Å². The van der Waals surface area contributed by atoms with Crippen molar-refractivity contribution >= 4 is 5.91 Å². The lowest BCUT2D eigenvalue weighted by atomic mass is 10.2. The Bertz CT molecular complexity index is 686. The third-order valence-corrected chi connectivity index (χ3v) is 4.05. The molecule has 1 fully saturated rings. The quantitative estimate of drug-likeness (QED) is 0.857. The number of rotatable bonds is 6. The molecule has 3 rings (SSSR count). The van der Waals surface area contributed by atoms with E-state index in [9.17, 15) is 4.79 Å². The average Bonchev–Trinajstić information content (AvgIpc) is 3.10. The Balaban J connectivity index is 1.52. The second-order valence-electron chi connectivity index (χ2n) is 6.71. The van der Waals surface area contributed by atoms with Crippen LogP contribution < -0.4 is 5.32 Å². The third-order valence-electron chi connectivity index (χ3n) is 4.05. The number of benzene rings is 1. The predicted molar refractivity (Wildman–Crippen MR) is 94.7 cm³/mol. The standard InChI is InChI=1S/C18H25N5O2/c1-14(2)12-22-8-9-25-16(13-22)10-19-18(24)17-11-20-23(21-17)15-6-4-3-5-7-15/h3-7,11,14,16H,8-10,12-13H2,1-2H3,(H,19,24). The zero-order valence-corrected chi connectivity index (χ0v) is 14.8. The molecule has 1 amide bonds. The summed E-state index contributed by atoms with van der Waals surface area (Å²) in [6, 6.07) is 9.51. The van der Waals surface area contributed by atoms with Gasteiger partial charge >= 0.3 is 0 Å². The largest absolute Gasteiger partial charge is 0.374 e. The highest BCUT2D eigenvalue weighted by Crippen LogP contribution is 2.08. The zero-order valence-electron chi connectivity index (χ0n) is 14.8. The third kappa shape index (κ3) is 4.87. The molecule has 1 N–H and O–H groups in total. The first-order valence-electron chi connectivity index (χ1n) is 8.71. The van der Waals surface area contributed by atoms with Crippen LogP contribution in [0.4, 0.5) is 0 Å². The van der Waals surface area contributed by atoms with Crippen LogP contribution in [0, 0.1) is 5.92 Å². The predicted octanol–water partition coefficient (Wildman–Crippen LogP) is 1.35. The van der Waals surface area contributed by atoms with Crippen molar-refractivity contribution < 1.29 is 9.53 Å². The van der Waals surface area contributed by atoms with Crippen LogP contribution >= 0.6 is 0 Å². The number of aromatic nitrogens is 3. The summed E-state index contributed by atoms with van der Waals surface area (Å²) >= 11 is 0. The number of carbonyl (C=O) groups is 1. The van der Waals surface area contributed by atoms with Crippen LogP contribution in [-0.2, 0) is 4.74 Å². The van der Waals surface area contributed by atoms with Crippen LogP contribution in [0.2, 0.25) is 0 Å². The van der Waals surface area contributed by atoms with Gasteiger partial charge in [0, 0.05) is 26.2 Å². The topological polar surface area (TPSA) is 72.3 Å². The molecule has 0 bridgehead atoms. The lowest BCUT2D eigenvalue weighted by Crippen LogP contribution is -2.48. The van der Waals surface area contributed by atoms with Gasteiger partial charge in [0.25, 0.3) is 5.91 Å². The van der Waals surface area contributed by atoms with Crippen molar-refractivity contribution in [3.05, 3.63) is 42.2 Å². The molecule has 25 heavy (non-hydrogen) atoms. The summed E-state index contributed by atoms with van der Waals surface area (Å²) in [5, 5.41) is 11.3. The molecule has 1 saturated heterocycles. The fraction of sp³-hybridized carbons (Fsp3) is 0.500. The van der Waals surface area contributed by atoms with E-state index in [0.29, 0.717) is 24.8 Å². The van der Waals surface area contributed by atoms with Crippen molar-refractivity contribution in [2.45, 2.75) is 20.0 Å². The van der Waals surface area contributed by atoms with E-state index in [0.717, 1.165) is 25.3 Å². The van der Waals surface area contributed by atoms with Gasteiger partial charge in [-0.05, 0) is 18.1 Å². The first-order valence-corrected chi connectivity index (χ1v) is 8.71. The van der Waals surface area contributed by atoms with Gasteiger partial charge in [-0.1, -0.05) is 32.0 Å². The zero-order chi connectivity index (χ0) is 17.6. The maximum Gasteiger partial charge on any atom is 0.273 e. The van der Waals surface area contributed by atoms with Crippen molar-refractivity contribution in [3.63, 3.8) is 0 Å². The second-order valence-corrected chi connectivity index (χ2v) is 6.71. The van der Waals surface area contributed by atoms with Crippen molar-refractivity contribution in [2.75, 3.05) is 32.8 Å². The minimum atomic E-state index is -0.230. The molecule has 1 unspecified atom stereocenters. The number of morpholine rings is 1. The molecular weight excluding hydrogens is 318 g/mol. The Labute approximate surface area is 148 Å². The van der Waals surface area contributed by atoms with Gasteiger partial charge in [-0.3, -0.25) is 9.69 Å². The Morgan fingerprint density at radius 1 is 1.36 bits per heavy atom. The number of ether oxygens (including phenoxy) is 1. The SMILES string of the molecule is CC(C)CN1CCOC(CNC(=O)c2cnn(-c3ccccc3)n2)C1. The Morgan fingerprint density at radius 2 is 2.16 bits per heavy atom. The molecule has 134 valence electrons. The molecule has 2 heterocycles. The Hall–Kier alpha value is -2.25. The van der Waals surface area contributed by atoms with Crippen LogP contribution in [0.5, 0.6) is 0 Å². The van der Waals surface area contributed by atoms with Gasteiger partial charge < -0.3 is 10.1 Å². The molecule has 1 atom stereocenters. The summed E-state index contributed by atoms with van der Waals surface area (Å²) in [6.45, 7) is 8.45. The van der Waals surface area contributed by atoms with E-state index in [1.54, 1.807) is 0 Å². The highest BCUT2D eigenvalue weighted by molar-refractivity contribution is 5.91. The number of nitrogens with one attached hydrogen (secondary N) is 1. The highest BCUT2D eigenvalue weighted by atomic mass is 16.5. The number of para-hydroxylation sites is 1. The minimum absolute atomic E-state index is 0.0145. The summed E-state index contributed by atoms with van der Waals surface area (Å²) in [5.41, 5.74) is 1.13. The van der Waals surface area contributed by atoms with E-state index >= 15 is 0 Å². The molecule has 0 saturated carbocycles. The van der Waals surface area contributed by atoms with E-state index in [-0.39, 0.29) is 12.0 Å². The number of hydrogen-bond acceptors (Lipinski definition) is 5. The molecule has 0 aliphatic carbocycles. The molecule has 0 radical (unpaired) electrons. The van der Waals surface area contributed by atoms with Gasteiger partial charge in [0.15, 0.2) is 5.69 Å². The minimum Gasteiger partial charge on any atom is -0.374 e. The second kappa shape index (κ2) is 8.22. The summed E-state index contributed by atoms with van der Waals surface area (Å²) in [7, 11) is 0. The molecule has 7 heteroatoms.